The third kappa shape index (κ3) is 2.56. The Morgan fingerprint density at radius 1 is 1.00 bits per heavy atom. The molecular formula is C18H13ClN2O2S. The summed E-state index contributed by atoms with van der Waals surface area (Å²) in [5, 5.41) is 2.28. The zero-order valence-corrected chi connectivity index (χ0v) is 14.1. The molecule has 0 aliphatic rings. The number of rotatable bonds is 3. The van der Waals surface area contributed by atoms with Gasteiger partial charge in [-0.15, -0.1) is 0 Å². The fourth-order valence-electron chi connectivity index (χ4n) is 2.83. The molecule has 0 amide bonds. The average molecular weight is 357 g/mol. The summed E-state index contributed by atoms with van der Waals surface area (Å²) in [5.74, 6) is -0.192. The number of aromatic nitrogens is 2. The summed E-state index contributed by atoms with van der Waals surface area (Å²) in [5.41, 5.74) is 1.94. The Morgan fingerprint density at radius 3 is 2.50 bits per heavy atom. The van der Waals surface area contributed by atoms with E-state index in [1.165, 1.54) is 0 Å². The molecule has 0 saturated heterocycles. The van der Waals surface area contributed by atoms with Crippen LogP contribution in [0.1, 0.15) is 5.69 Å². The van der Waals surface area contributed by atoms with Crippen LogP contribution in [0.2, 0.25) is 5.02 Å². The normalized spacial score (nSPS) is 12.0. The van der Waals surface area contributed by atoms with E-state index >= 15 is 0 Å². The summed E-state index contributed by atoms with van der Waals surface area (Å²) >= 11 is 6.40. The maximum Gasteiger partial charge on any atom is 0.184 e. The van der Waals surface area contributed by atoms with Crippen molar-refractivity contribution < 1.29 is 8.42 Å². The number of nitrogens with zero attached hydrogens (tertiary/aromatic N) is 1. The number of hydrogen-bond donors (Lipinski definition) is 1. The Hall–Kier alpha value is -2.37. The second-order valence-corrected chi connectivity index (χ2v) is 7.96. The topological polar surface area (TPSA) is 62.8 Å². The zero-order chi connectivity index (χ0) is 16.7. The minimum Gasteiger partial charge on any atom is -0.339 e. The molecule has 24 heavy (non-hydrogen) atoms. The largest absolute Gasteiger partial charge is 0.339 e. The molecule has 0 fully saturated rings. The van der Waals surface area contributed by atoms with Gasteiger partial charge in [-0.25, -0.2) is 13.4 Å². The van der Waals surface area contributed by atoms with Gasteiger partial charge >= 0.3 is 0 Å². The van der Waals surface area contributed by atoms with Gasteiger partial charge in [-0.1, -0.05) is 48.0 Å². The molecule has 0 atom stereocenters. The summed E-state index contributed by atoms with van der Waals surface area (Å²) < 4.78 is 25.1. The number of fused-ring (bicyclic) bond motifs is 3. The van der Waals surface area contributed by atoms with Crippen molar-refractivity contribution in [3.05, 3.63) is 71.4 Å². The maximum absolute atomic E-state index is 12.5. The molecule has 0 spiro atoms. The fraction of sp³-hybridized carbons (Fsp3) is 0.0556. The highest BCUT2D eigenvalue weighted by Crippen LogP contribution is 2.31. The van der Waals surface area contributed by atoms with Crippen molar-refractivity contribution in [2.45, 2.75) is 10.6 Å². The van der Waals surface area contributed by atoms with E-state index in [0.717, 1.165) is 16.3 Å². The van der Waals surface area contributed by atoms with E-state index in [0.29, 0.717) is 16.4 Å². The molecule has 0 bridgehead atoms. The van der Waals surface area contributed by atoms with Gasteiger partial charge in [0.2, 0.25) is 0 Å². The molecule has 0 unspecified atom stereocenters. The van der Waals surface area contributed by atoms with Gasteiger partial charge in [0.15, 0.2) is 9.84 Å². The lowest BCUT2D eigenvalue weighted by atomic mass is 10.2. The fourth-order valence-corrected chi connectivity index (χ4v) is 4.42. The molecule has 4 rings (SSSR count). The molecule has 0 aliphatic heterocycles. The third-order valence-corrected chi connectivity index (χ3v) is 5.88. The second-order valence-electron chi connectivity index (χ2n) is 5.56. The Labute approximate surface area is 144 Å². The molecule has 0 radical (unpaired) electrons. The van der Waals surface area contributed by atoms with Crippen LogP contribution in [-0.2, 0) is 15.6 Å². The lowest BCUT2D eigenvalue weighted by Crippen LogP contribution is -2.06. The van der Waals surface area contributed by atoms with Gasteiger partial charge in [-0.05, 0) is 24.3 Å². The molecule has 2 aromatic carbocycles. The first kappa shape index (κ1) is 15.2. The first-order valence-electron chi connectivity index (χ1n) is 7.38. The highest BCUT2D eigenvalue weighted by molar-refractivity contribution is 7.90. The SMILES string of the molecule is O=S(=O)(Cc1cc(Cl)c2c(n1)[nH]c1ccccc12)c1ccccc1. The first-order valence-corrected chi connectivity index (χ1v) is 9.41. The first-order chi connectivity index (χ1) is 11.5. The average Bonchev–Trinajstić information content (AvgIpc) is 2.94. The van der Waals surface area contributed by atoms with Gasteiger partial charge in [0.05, 0.1) is 21.4 Å². The molecule has 0 aliphatic carbocycles. The molecule has 2 heterocycles. The predicted molar refractivity (Wildman–Crippen MR) is 95.9 cm³/mol. The highest BCUT2D eigenvalue weighted by atomic mass is 35.5. The summed E-state index contributed by atoms with van der Waals surface area (Å²) in [7, 11) is -3.46. The van der Waals surface area contributed by atoms with E-state index in [9.17, 15) is 8.42 Å². The van der Waals surface area contributed by atoms with Crippen LogP contribution in [0.3, 0.4) is 0 Å². The van der Waals surface area contributed by atoms with E-state index in [1.54, 1.807) is 36.4 Å². The number of para-hydroxylation sites is 1. The van der Waals surface area contributed by atoms with E-state index in [-0.39, 0.29) is 10.6 Å². The number of benzene rings is 2. The van der Waals surface area contributed by atoms with Crippen molar-refractivity contribution in [3.8, 4) is 0 Å². The van der Waals surface area contributed by atoms with Crippen molar-refractivity contribution in [1.29, 1.82) is 0 Å². The minimum atomic E-state index is -3.46. The number of aromatic amines is 1. The number of hydrogen-bond acceptors (Lipinski definition) is 3. The molecule has 4 nitrogen and oxygen atoms in total. The number of H-pyrrole nitrogens is 1. The highest BCUT2D eigenvalue weighted by Gasteiger charge is 2.18. The maximum atomic E-state index is 12.5. The summed E-state index contributed by atoms with van der Waals surface area (Å²) in [4.78, 5) is 7.94. The van der Waals surface area contributed by atoms with E-state index in [2.05, 4.69) is 9.97 Å². The smallest absolute Gasteiger partial charge is 0.184 e. The van der Waals surface area contributed by atoms with E-state index in [4.69, 9.17) is 11.6 Å². The summed E-state index contributed by atoms with van der Waals surface area (Å²) in [6, 6.07) is 17.7. The van der Waals surface area contributed by atoms with Gasteiger partial charge in [-0.2, -0.15) is 0 Å². The Bertz CT molecular complexity index is 1150. The van der Waals surface area contributed by atoms with Crippen LogP contribution in [0.15, 0.2) is 65.6 Å². The Kier molecular flexibility index (Phi) is 3.55. The van der Waals surface area contributed by atoms with Crippen molar-refractivity contribution in [2.24, 2.45) is 0 Å². The van der Waals surface area contributed by atoms with Gasteiger partial charge in [0.25, 0.3) is 0 Å². The van der Waals surface area contributed by atoms with Crippen LogP contribution in [0.25, 0.3) is 21.9 Å². The van der Waals surface area contributed by atoms with Crippen LogP contribution >= 0.6 is 11.6 Å². The van der Waals surface area contributed by atoms with Crippen LogP contribution in [-0.4, -0.2) is 18.4 Å². The molecule has 1 N–H and O–H groups in total. The summed E-state index contributed by atoms with van der Waals surface area (Å²) in [6.45, 7) is 0. The lowest BCUT2D eigenvalue weighted by Gasteiger charge is -2.05. The second kappa shape index (κ2) is 5.61. The number of halogens is 1. The molecule has 4 aromatic rings. The van der Waals surface area contributed by atoms with Gasteiger partial charge in [0, 0.05) is 16.3 Å². The third-order valence-electron chi connectivity index (χ3n) is 3.91. The molecule has 2 aromatic heterocycles. The van der Waals surface area contributed by atoms with E-state index in [1.807, 2.05) is 24.3 Å². The molecule has 0 saturated carbocycles. The lowest BCUT2D eigenvalue weighted by molar-refractivity contribution is 0.594. The molecule has 6 heteroatoms. The molecular weight excluding hydrogens is 344 g/mol. The Morgan fingerprint density at radius 2 is 1.71 bits per heavy atom. The number of sulfone groups is 1. The number of pyridine rings is 1. The van der Waals surface area contributed by atoms with Crippen LogP contribution in [0.5, 0.6) is 0 Å². The van der Waals surface area contributed by atoms with Gasteiger partial charge in [-0.3, -0.25) is 0 Å². The van der Waals surface area contributed by atoms with Crippen LogP contribution < -0.4 is 0 Å². The monoisotopic (exact) mass is 356 g/mol. The van der Waals surface area contributed by atoms with Crippen LogP contribution in [0, 0.1) is 0 Å². The quantitative estimate of drug-likeness (QED) is 0.593. The van der Waals surface area contributed by atoms with Crippen molar-refractivity contribution in [2.75, 3.05) is 0 Å². The van der Waals surface area contributed by atoms with Crippen molar-refractivity contribution in [3.63, 3.8) is 0 Å². The van der Waals surface area contributed by atoms with Crippen molar-refractivity contribution >= 4 is 43.4 Å². The van der Waals surface area contributed by atoms with Crippen molar-refractivity contribution in [1.82, 2.24) is 9.97 Å². The zero-order valence-electron chi connectivity index (χ0n) is 12.5. The van der Waals surface area contributed by atoms with Gasteiger partial charge in [0.1, 0.15) is 5.65 Å². The minimum absolute atomic E-state index is 0.192. The number of nitrogens with one attached hydrogen (secondary N) is 1. The Balaban J connectivity index is 1.82. The van der Waals surface area contributed by atoms with E-state index < -0.39 is 9.84 Å². The molecule has 120 valence electrons. The predicted octanol–water partition coefficient (Wildman–Crippen LogP) is 4.34. The van der Waals surface area contributed by atoms with Gasteiger partial charge < -0.3 is 4.98 Å². The summed E-state index contributed by atoms with van der Waals surface area (Å²) in [6.07, 6.45) is 0. The van der Waals surface area contributed by atoms with Crippen LogP contribution in [0.4, 0.5) is 0 Å². The standard InChI is InChI=1S/C18H13ClN2O2S/c19-15-10-12(11-24(22,23)13-6-2-1-3-7-13)20-18-17(15)14-8-4-5-9-16(14)21-18/h1-10H,11H2,(H,20,21).